The van der Waals surface area contributed by atoms with Crippen LogP contribution < -0.4 is 10.4 Å². The Hall–Kier alpha value is 0.0800. The highest BCUT2D eigenvalue weighted by atomic mass is 35.9. The molecule has 0 atom stereocenters. The summed E-state index contributed by atoms with van der Waals surface area (Å²) in [5.41, 5.74) is 0. The van der Waals surface area contributed by atoms with E-state index >= 15 is 0 Å². The highest BCUT2D eigenvalue weighted by Gasteiger charge is 2.13. The average molecular weight is 204 g/mol. The van der Waals surface area contributed by atoms with E-state index in [-0.39, 0.29) is 0 Å². The zero-order chi connectivity index (χ0) is 8.20. The first kappa shape index (κ1) is 10.1. The molecule has 0 rings (SSSR count). The molecule has 0 aliphatic rings. The van der Waals surface area contributed by atoms with E-state index in [0.29, 0.717) is 5.96 Å². The summed E-state index contributed by atoms with van der Waals surface area (Å²) in [6.07, 6.45) is 0. The van der Waals surface area contributed by atoms with Crippen molar-refractivity contribution < 1.29 is 4.57 Å². The lowest BCUT2D eigenvalue weighted by atomic mass is 11.0. The topological polar surface area (TPSA) is 53.5 Å². The number of aliphatic imine (C=N–C) groups is 1. The molecule has 0 spiro atoms. The predicted molar refractivity (Wildman–Crippen MR) is 44.9 cm³/mol. The van der Waals surface area contributed by atoms with Crippen LogP contribution in [0.2, 0.25) is 0 Å². The second-order valence-electron chi connectivity index (χ2n) is 1.40. The summed E-state index contributed by atoms with van der Waals surface area (Å²) < 4.78 is 10.6. The van der Waals surface area contributed by atoms with E-state index in [9.17, 15) is 4.57 Å². The first-order chi connectivity index (χ1) is 4.49. The molecule has 0 fully saturated rings. The monoisotopic (exact) mass is 203 g/mol. The van der Waals surface area contributed by atoms with E-state index in [1.807, 2.05) is 0 Å². The molecule has 4 nitrogen and oxygen atoms in total. The van der Waals surface area contributed by atoms with Gasteiger partial charge in [-0.3, -0.25) is 14.6 Å². The molecule has 0 aromatic carbocycles. The second-order valence-corrected chi connectivity index (χ2v) is 5.92. The van der Waals surface area contributed by atoms with E-state index in [4.69, 9.17) is 22.5 Å². The Morgan fingerprint density at radius 1 is 1.60 bits per heavy atom. The van der Waals surface area contributed by atoms with Crippen LogP contribution >= 0.6 is 28.5 Å². The Labute approximate surface area is 69.0 Å². The summed E-state index contributed by atoms with van der Waals surface area (Å²) in [7, 11) is 3.13. The van der Waals surface area contributed by atoms with Crippen LogP contribution in [-0.2, 0) is 4.57 Å². The van der Waals surface area contributed by atoms with Crippen LogP contribution in [0.1, 0.15) is 0 Å². The first-order valence-electron chi connectivity index (χ1n) is 2.42. The fourth-order valence-electron chi connectivity index (χ4n) is 0.341. The Balaban J connectivity index is 4.02. The maximum atomic E-state index is 10.6. The molecule has 60 valence electrons. The quantitative estimate of drug-likeness (QED) is 0.385. The molecule has 0 amide bonds. The van der Waals surface area contributed by atoms with Gasteiger partial charge >= 0.3 is 6.00 Å². The van der Waals surface area contributed by atoms with E-state index in [2.05, 4.69) is 15.4 Å². The van der Waals surface area contributed by atoms with Gasteiger partial charge in [-0.25, -0.2) is 0 Å². The summed E-state index contributed by atoms with van der Waals surface area (Å²) in [6, 6.07) is 0. The molecule has 10 heavy (non-hydrogen) atoms. The van der Waals surface area contributed by atoms with Crippen LogP contribution in [0.15, 0.2) is 4.99 Å². The Kier molecular flexibility index (Phi) is 4.09. The fourth-order valence-corrected chi connectivity index (χ4v) is 1.28. The van der Waals surface area contributed by atoms with Crippen molar-refractivity contribution >= 4 is 34.4 Å². The third kappa shape index (κ3) is 4.91. The molecule has 0 aromatic heterocycles. The number of guanidine groups is 1. The summed E-state index contributed by atoms with van der Waals surface area (Å²) in [5.74, 6) is -2.95. The van der Waals surface area contributed by atoms with Crippen molar-refractivity contribution in [1.29, 1.82) is 0 Å². The third-order valence-corrected chi connectivity index (χ3v) is 1.68. The Bertz CT molecular complexity index is 177. The van der Waals surface area contributed by atoms with Crippen LogP contribution in [0.25, 0.3) is 0 Å². The van der Waals surface area contributed by atoms with E-state index < -0.39 is 6.00 Å². The zero-order valence-electron chi connectivity index (χ0n) is 5.56. The molecule has 0 aromatic rings. The van der Waals surface area contributed by atoms with Crippen LogP contribution in [0, 0.1) is 0 Å². The van der Waals surface area contributed by atoms with Gasteiger partial charge < -0.3 is 5.32 Å². The van der Waals surface area contributed by atoms with E-state index in [1.54, 1.807) is 7.05 Å². The molecule has 0 saturated carbocycles. The maximum Gasteiger partial charge on any atom is 0.345 e. The molecule has 0 unspecified atom stereocenters. The zero-order valence-corrected chi connectivity index (χ0v) is 7.96. The highest BCUT2D eigenvalue weighted by Crippen LogP contribution is 2.51. The van der Waals surface area contributed by atoms with Gasteiger partial charge in [-0.15, -0.1) is 0 Å². The van der Waals surface area contributed by atoms with Crippen LogP contribution in [0.3, 0.4) is 0 Å². The lowest BCUT2D eigenvalue weighted by Crippen LogP contribution is -2.30. The van der Waals surface area contributed by atoms with Crippen molar-refractivity contribution in [3.63, 3.8) is 0 Å². The minimum atomic E-state index is -3.25. The first-order valence-corrected chi connectivity index (χ1v) is 5.93. The van der Waals surface area contributed by atoms with Crippen molar-refractivity contribution in [1.82, 2.24) is 10.4 Å². The molecule has 0 saturated heterocycles. The molecule has 7 heteroatoms. The van der Waals surface area contributed by atoms with Gasteiger partial charge in [0, 0.05) is 14.1 Å². The van der Waals surface area contributed by atoms with Crippen LogP contribution in [0.4, 0.5) is 0 Å². The lowest BCUT2D eigenvalue weighted by molar-refractivity contribution is 0.590. The molecular weight excluding hydrogens is 196 g/mol. The van der Waals surface area contributed by atoms with Gasteiger partial charge in [0.25, 0.3) is 0 Å². The smallest absolute Gasteiger partial charge is 0.345 e. The molecule has 0 heterocycles. The van der Waals surface area contributed by atoms with E-state index in [1.165, 1.54) is 7.05 Å². The Morgan fingerprint density at radius 3 is 2.20 bits per heavy atom. The van der Waals surface area contributed by atoms with Crippen molar-refractivity contribution in [3.05, 3.63) is 0 Å². The molecule has 0 bridgehead atoms. The summed E-state index contributed by atoms with van der Waals surface area (Å²) in [5, 5.41) is 4.89. The summed E-state index contributed by atoms with van der Waals surface area (Å²) in [4.78, 5) is 3.65. The largest absolute Gasteiger partial charge is 0.359 e. The molecule has 2 N–H and O–H groups in total. The number of hydrogen-bond acceptors (Lipinski definition) is 2. The molecule has 0 aliphatic carbocycles. The standard InChI is InChI=1S/C3H8Cl2N3OP/c1-6-3(7-2)8-10(4,5)9/h1-2H3,(H2,6,7,8,9). The summed E-state index contributed by atoms with van der Waals surface area (Å²) >= 11 is 10.3. The minimum Gasteiger partial charge on any atom is -0.359 e. The Morgan fingerprint density at radius 2 is 2.10 bits per heavy atom. The van der Waals surface area contributed by atoms with Gasteiger partial charge in [0.1, 0.15) is 0 Å². The molecule has 0 aliphatic heterocycles. The van der Waals surface area contributed by atoms with Gasteiger partial charge in [0.15, 0.2) is 5.96 Å². The SMILES string of the molecule is CN=C(NC)NP(=O)(Cl)Cl. The van der Waals surface area contributed by atoms with Crippen molar-refractivity contribution in [2.75, 3.05) is 14.1 Å². The average Bonchev–Trinajstić information content (AvgIpc) is 1.81. The van der Waals surface area contributed by atoms with Gasteiger partial charge in [0.2, 0.25) is 0 Å². The maximum absolute atomic E-state index is 10.6. The number of halogens is 2. The van der Waals surface area contributed by atoms with Crippen molar-refractivity contribution in [2.24, 2.45) is 4.99 Å². The predicted octanol–water partition coefficient (Wildman–Crippen LogP) is 1.37. The molecular formula is C3H8Cl2N3OP. The fraction of sp³-hybridized carbons (Fsp3) is 0.667. The number of nitrogens with one attached hydrogen (secondary N) is 2. The van der Waals surface area contributed by atoms with Gasteiger partial charge in [0.05, 0.1) is 0 Å². The van der Waals surface area contributed by atoms with Gasteiger partial charge in [-0.2, -0.15) is 0 Å². The number of rotatable bonds is 1. The van der Waals surface area contributed by atoms with Crippen molar-refractivity contribution in [2.45, 2.75) is 0 Å². The van der Waals surface area contributed by atoms with Gasteiger partial charge in [-0.1, -0.05) is 0 Å². The lowest BCUT2D eigenvalue weighted by Gasteiger charge is -2.07. The van der Waals surface area contributed by atoms with Crippen LogP contribution in [0.5, 0.6) is 0 Å². The third-order valence-electron chi connectivity index (χ3n) is 0.696. The van der Waals surface area contributed by atoms with E-state index in [0.717, 1.165) is 0 Å². The van der Waals surface area contributed by atoms with Gasteiger partial charge in [-0.05, 0) is 22.5 Å². The second kappa shape index (κ2) is 4.06. The summed E-state index contributed by atoms with van der Waals surface area (Å²) in [6.45, 7) is 0. The number of hydrogen-bond donors (Lipinski definition) is 2. The highest BCUT2D eigenvalue weighted by molar-refractivity contribution is 8.07. The normalized spacial score (nSPS) is 13.0. The van der Waals surface area contributed by atoms with Crippen molar-refractivity contribution in [3.8, 4) is 0 Å². The van der Waals surface area contributed by atoms with Crippen LogP contribution in [-0.4, -0.2) is 20.1 Å². The number of nitrogens with zero attached hydrogens (tertiary/aromatic N) is 1. The minimum absolute atomic E-state index is 0.299. The molecule has 0 radical (unpaired) electrons.